The van der Waals surface area contributed by atoms with E-state index >= 15 is 0 Å². The van der Waals surface area contributed by atoms with Gasteiger partial charge in [-0.15, -0.1) is 0 Å². The zero-order valence-electron chi connectivity index (χ0n) is 15.2. The average Bonchev–Trinajstić information content (AvgIpc) is 3.28. The molecule has 1 atom stereocenters. The highest BCUT2D eigenvalue weighted by atomic mass is 16.2. The zero-order valence-corrected chi connectivity index (χ0v) is 15.2. The lowest BCUT2D eigenvalue weighted by atomic mass is 9.84. The fraction of sp³-hybridized carbons (Fsp3) is 0.632. The standard InChI is InChI=1S/C19H27N5O/c1-3-24-17(7-9-21-24)19(25)22-10-8-15(12-22)13-23-14(2)11-20-18(23)16-5-4-6-16/h7,9,11,15-16H,3-6,8,10,12-13H2,1-2H3. The van der Waals surface area contributed by atoms with Crippen LogP contribution in [0.2, 0.25) is 0 Å². The van der Waals surface area contributed by atoms with Gasteiger partial charge in [-0.1, -0.05) is 6.42 Å². The molecule has 1 saturated carbocycles. The van der Waals surface area contributed by atoms with Crippen molar-refractivity contribution in [2.45, 2.75) is 58.5 Å². The molecular weight excluding hydrogens is 314 g/mol. The summed E-state index contributed by atoms with van der Waals surface area (Å²) in [6.45, 7) is 7.53. The summed E-state index contributed by atoms with van der Waals surface area (Å²) in [4.78, 5) is 19.4. The Kier molecular flexibility index (Phi) is 4.36. The predicted molar refractivity (Wildman–Crippen MR) is 95.5 cm³/mol. The van der Waals surface area contributed by atoms with Gasteiger partial charge < -0.3 is 9.47 Å². The van der Waals surface area contributed by atoms with Crippen LogP contribution in [0.3, 0.4) is 0 Å². The number of aromatic nitrogens is 4. The van der Waals surface area contributed by atoms with E-state index in [0.29, 0.717) is 17.5 Å². The van der Waals surface area contributed by atoms with E-state index < -0.39 is 0 Å². The first-order valence-electron chi connectivity index (χ1n) is 9.50. The number of hydrogen-bond acceptors (Lipinski definition) is 3. The Morgan fingerprint density at radius 3 is 2.88 bits per heavy atom. The Morgan fingerprint density at radius 2 is 2.16 bits per heavy atom. The number of carbonyl (C=O) groups is 1. The van der Waals surface area contributed by atoms with Gasteiger partial charge >= 0.3 is 0 Å². The minimum atomic E-state index is 0.114. The van der Waals surface area contributed by atoms with Gasteiger partial charge in [0.25, 0.3) is 5.91 Å². The molecular formula is C19H27N5O. The zero-order chi connectivity index (χ0) is 17.4. The Labute approximate surface area is 148 Å². The summed E-state index contributed by atoms with van der Waals surface area (Å²) < 4.78 is 4.18. The molecule has 4 rings (SSSR count). The van der Waals surface area contributed by atoms with Gasteiger partial charge in [0.15, 0.2) is 0 Å². The summed E-state index contributed by atoms with van der Waals surface area (Å²) >= 11 is 0. The highest BCUT2D eigenvalue weighted by Gasteiger charge is 2.31. The quantitative estimate of drug-likeness (QED) is 0.840. The molecule has 2 aromatic rings. The van der Waals surface area contributed by atoms with Gasteiger partial charge in [-0.05, 0) is 45.1 Å². The molecule has 0 N–H and O–H groups in total. The number of imidazole rings is 1. The third kappa shape index (κ3) is 2.98. The van der Waals surface area contributed by atoms with Crippen LogP contribution in [0.4, 0.5) is 0 Å². The summed E-state index contributed by atoms with van der Waals surface area (Å²) in [7, 11) is 0. The first-order valence-corrected chi connectivity index (χ1v) is 9.50. The molecule has 1 aliphatic heterocycles. The SMILES string of the molecule is CCn1nccc1C(=O)N1CCC(Cn2c(C)cnc2C2CCC2)C1. The highest BCUT2D eigenvalue weighted by Crippen LogP contribution is 2.36. The maximum atomic E-state index is 12.8. The van der Waals surface area contributed by atoms with Crippen LogP contribution in [0, 0.1) is 12.8 Å². The normalized spacial score (nSPS) is 20.9. The van der Waals surface area contributed by atoms with Crippen LogP contribution < -0.4 is 0 Å². The maximum Gasteiger partial charge on any atom is 0.272 e. The van der Waals surface area contributed by atoms with Crippen LogP contribution >= 0.6 is 0 Å². The lowest BCUT2D eigenvalue weighted by Gasteiger charge is -2.27. The molecule has 1 saturated heterocycles. The Bertz CT molecular complexity index is 758. The van der Waals surface area contributed by atoms with E-state index in [4.69, 9.17) is 0 Å². The van der Waals surface area contributed by atoms with E-state index in [1.807, 2.05) is 24.1 Å². The van der Waals surface area contributed by atoms with E-state index in [2.05, 4.69) is 21.6 Å². The fourth-order valence-corrected chi connectivity index (χ4v) is 4.06. The summed E-state index contributed by atoms with van der Waals surface area (Å²) in [5, 5.41) is 4.22. The van der Waals surface area contributed by atoms with Gasteiger partial charge in [-0.3, -0.25) is 9.48 Å². The van der Waals surface area contributed by atoms with Crippen molar-refractivity contribution < 1.29 is 4.79 Å². The summed E-state index contributed by atoms with van der Waals surface area (Å²) in [6, 6.07) is 1.83. The third-order valence-electron chi connectivity index (χ3n) is 5.81. The lowest BCUT2D eigenvalue weighted by Crippen LogP contribution is -2.31. The number of hydrogen-bond donors (Lipinski definition) is 0. The monoisotopic (exact) mass is 341 g/mol. The van der Waals surface area contributed by atoms with Crippen molar-refractivity contribution in [3.05, 3.63) is 35.7 Å². The van der Waals surface area contributed by atoms with Crippen molar-refractivity contribution in [2.75, 3.05) is 13.1 Å². The van der Waals surface area contributed by atoms with E-state index in [0.717, 1.165) is 32.6 Å². The third-order valence-corrected chi connectivity index (χ3v) is 5.81. The Hall–Kier alpha value is -2.11. The van der Waals surface area contributed by atoms with E-state index in [9.17, 15) is 4.79 Å². The molecule has 1 aliphatic carbocycles. The molecule has 0 aromatic carbocycles. The molecule has 0 spiro atoms. The summed E-state index contributed by atoms with van der Waals surface area (Å²) in [6.07, 6.45) is 8.65. The van der Waals surface area contributed by atoms with E-state index in [1.54, 1.807) is 10.9 Å². The van der Waals surface area contributed by atoms with Crippen molar-refractivity contribution in [2.24, 2.45) is 5.92 Å². The van der Waals surface area contributed by atoms with Crippen molar-refractivity contribution in [3.63, 3.8) is 0 Å². The van der Waals surface area contributed by atoms with Crippen LogP contribution in [0.15, 0.2) is 18.5 Å². The minimum absolute atomic E-state index is 0.114. The number of carbonyl (C=O) groups excluding carboxylic acids is 1. The predicted octanol–water partition coefficient (Wildman–Crippen LogP) is 2.84. The highest BCUT2D eigenvalue weighted by molar-refractivity contribution is 5.92. The molecule has 2 aromatic heterocycles. The smallest absolute Gasteiger partial charge is 0.272 e. The molecule has 2 aliphatic rings. The van der Waals surface area contributed by atoms with Crippen molar-refractivity contribution in [1.29, 1.82) is 0 Å². The van der Waals surface area contributed by atoms with Crippen molar-refractivity contribution >= 4 is 5.91 Å². The first-order chi connectivity index (χ1) is 12.2. The van der Waals surface area contributed by atoms with Crippen molar-refractivity contribution in [1.82, 2.24) is 24.2 Å². The molecule has 1 amide bonds. The summed E-state index contributed by atoms with van der Waals surface area (Å²) in [5.74, 6) is 2.53. The van der Waals surface area contributed by atoms with Crippen LogP contribution in [0.25, 0.3) is 0 Å². The molecule has 25 heavy (non-hydrogen) atoms. The second-order valence-corrected chi connectivity index (χ2v) is 7.43. The molecule has 3 heterocycles. The van der Waals surface area contributed by atoms with Gasteiger partial charge in [0.2, 0.25) is 0 Å². The topological polar surface area (TPSA) is 56.0 Å². The molecule has 134 valence electrons. The molecule has 0 bridgehead atoms. The Morgan fingerprint density at radius 1 is 1.32 bits per heavy atom. The number of likely N-dealkylation sites (tertiary alicyclic amines) is 1. The molecule has 1 unspecified atom stereocenters. The largest absolute Gasteiger partial charge is 0.337 e. The minimum Gasteiger partial charge on any atom is -0.337 e. The fourth-order valence-electron chi connectivity index (χ4n) is 4.06. The van der Waals surface area contributed by atoms with Gasteiger partial charge in [-0.2, -0.15) is 5.10 Å². The average molecular weight is 341 g/mol. The van der Waals surface area contributed by atoms with E-state index in [1.165, 1.54) is 30.8 Å². The van der Waals surface area contributed by atoms with Crippen LogP contribution in [-0.2, 0) is 13.1 Å². The van der Waals surface area contributed by atoms with Crippen LogP contribution in [0.1, 0.15) is 60.5 Å². The maximum absolute atomic E-state index is 12.8. The van der Waals surface area contributed by atoms with Crippen LogP contribution in [0.5, 0.6) is 0 Å². The molecule has 6 nitrogen and oxygen atoms in total. The Balaban J connectivity index is 1.43. The second-order valence-electron chi connectivity index (χ2n) is 7.43. The molecule has 0 radical (unpaired) electrons. The number of aryl methyl sites for hydroxylation is 2. The number of amides is 1. The van der Waals surface area contributed by atoms with Gasteiger partial charge in [-0.25, -0.2) is 4.98 Å². The van der Waals surface area contributed by atoms with E-state index in [-0.39, 0.29) is 5.91 Å². The van der Waals surface area contributed by atoms with Gasteiger partial charge in [0.05, 0.1) is 0 Å². The first kappa shape index (κ1) is 16.4. The molecule has 2 fully saturated rings. The lowest BCUT2D eigenvalue weighted by molar-refractivity contribution is 0.0773. The molecule has 6 heteroatoms. The van der Waals surface area contributed by atoms with Gasteiger partial charge in [0.1, 0.15) is 11.5 Å². The number of nitrogens with zero attached hydrogens (tertiary/aromatic N) is 5. The van der Waals surface area contributed by atoms with Crippen molar-refractivity contribution in [3.8, 4) is 0 Å². The number of rotatable bonds is 5. The summed E-state index contributed by atoms with van der Waals surface area (Å²) in [5.41, 5.74) is 1.95. The van der Waals surface area contributed by atoms with Crippen LogP contribution in [-0.4, -0.2) is 43.2 Å². The second kappa shape index (κ2) is 6.65. The van der Waals surface area contributed by atoms with Gasteiger partial charge in [0, 0.05) is 50.2 Å².